The zero-order chi connectivity index (χ0) is 14.6. The van der Waals surface area contributed by atoms with Crippen molar-refractivity contribution < 1.29 is 13.2 Å². The predicted molar refractivity (Wildman–Crippen MR) is 83.8 cm³/mol. The van der Waals surface area contributed by atoms with Crippen LogP contribution >= 0.6 is 12.4 Å². The van der Waals surface area contributed by atoms with Crippen LogP contribution in [0.15, 0.2) is 18.2 Å². The third kappa shape index (κ3) is 5.36. The molecule has 4 N–H and O–H groups in total. The smallest absolute Gasteiger partial charge is 0.240 e. The molecule has 0 aliphatic rings. The summed E-state index contributed by atoms with van der Waals surface area (Å²) in [6, 6.07) is 4.33. The maximum atomic E-state index is 11.5. The second kappa shape index (κ2) is 7.47. The molecular weight excluding hydrogens is 302 g/mol. The summed E-state index contributed by atoms with van der Waals surface area (Å²) in [7, 11) is -3.30. The average Bonchev–Trinajstić information content (AvgIpc) is 2.32. The van der Waals surface area contributed by atoms with Crippen LogP contribution in [0.5, 0.6) is 0 Å². The van der Waals surface area contributed by atoms with Crippen LogP contribution < -0.4 is 15.8 Å². The van der Waals surface area contributed by atoms with Gasteiger partial charge in [-0.05, 0) is 44.5 Å². The van der Waals surface area contributed by atoms with Crippen LogP contribution in [0.25, 0.3) is 0 Å². The van der Waals surface area contributed by atoms with Gasteiger partial charge in [-0.2, -0.15) is 0 Å². The van der Waals surface area contributed by atoms with Gasteiger partial charge in [0.25, 0.3) is 0 Å². The Morgan fingerprint density at radius 1 is 1.40 bits per heavy atom. The van der Waals surface area contributed by atoms with E-state index in [9.17, 15) is 13.2 Å². The van der Waals surface area contributed by atoms with E-state index < -0.39 is 16.1 Å². The van der Waals surface area contributed by atoms with Crippen LogP contribution in [0.1, 0.15) is 19.4 Å². The van der Waals surface area contributed by atoms with Gasteiger partial charge in [0.05, 0.1) is 17.5 Å². The largest absolute Gasteiger partial charge is 0.325 e. The Hall–Kier alpha value is -1.31. The SMILES string of the molecule is CCS(=O)(=O)Nc1ccc(NC(=O)[C@H](C)N)cc1C.Cl. The molecule has 1 rings (SSSR count). The molecule has 0 aromatic heterocycles. The number of anilines is 2. The van der Waals surface area contributed by atoms with Gasteiger partial charge < -0.3 is 11.1 Å². The van der Waals surface area contributed by atoms with E-state index in [-0.39, 0.29) is 24.1 Å². The van der Waals surface area contributed by atoms with Crippen LogP contribution in [0, 0.1) is 6.92 Å². The predicted octanol–water partition coefficient (Wildman–Crippen LogP) is 1.46. The minimum absolute atomic E-state index is 0. The lowest BCUT2D eigenvalue weighted by atomic mass is 10.2. The molecule has 114 valence electrons. The molecule has 0 fully saturated rings. The highest BCUT2D eigenvalue weighted by atomic mass is 35.5. The van der Waals surface area contributed by atoms with E-state index in [2.05, 4.69) is 10.0 Å². The number of carbonyl (C=O) groups is 1. The summed E-state index contributed by atoms with van der Waals surface area (Å²) in [5.41, 5.74) is 7.25. The fourth-order valence-electron chi connectivity index (χ4n) is 1.35. The van der Waals surface area contributed by atoms with Crippen molar-refractivity contribution in [2.45, 2.75) is 26.8 Å². The van der Waals surface area contributed by atoms with Crippen LogP contribution in [-0.4, -0.2) is 26.1 Å². The number of amides is 1. The Kier molecular flexibility index (Phi) is 6.98. The van der Waals surface area contributed by atoms with Gasteiger partial charge in [0.2, 0.25) is 15.9 Å². The van der Waals surface area contributed by atoms with Crippen molar-refractivity contribution in [1.82, 2.24) is 0 Å². The van der Waals surface area contributed by atoms with Gasteiger partial charge in [0.15, 0.2) is 0 Å². The number of nitrogens with two attached hydrogens (primary N) is 1. The van der Waals surface area contributed by atoms with Gasteiger partial charge >= 0.3 is 0 Å². The molecule has 0 spiro atoms. The topological polar surface area (TPSA) is 101 Å². The van der Waals surface area contributed by atoms with Crippen LogP contribution in [0.2, 0.25) is 0 Å². The van der Waals surface area contributed by atoms with Crippen molar-refractivity contribution in [3.05, 3.63) is 23.8 Å². The number of hydrogen-bond acceptors (Lipinski definition) is 4. The first kappa shape index (κ1) is 18.7. The third-order valence-electron chi connectivity index (χ3n) is 2.55. The summed E-state index contributed by atoms with van der Waals surface area (Å²) in [5.74, 6) is -0.281. The molecule has 0 saturated heterocycles. The molecule has 20 heavy (non-hydrogen) atoms. The van der Waals surface area contributed by atoms with Crippen molar-refractivity contribution in [3.63, 3.8) is 0 Å². The monoisotopic (exact) mass is 321 g/mol. The van der Waals surface area contributed by atoms with Gasteiger partial charge in [0, 0.05) is 5.69 Å². The number of aryl methyl sites for hydroxylation is 1. The zero-order valence-electron chi connectivity index (χ0n) is 11.6. The molecule has 1 aromatic carbocycles. The van der Waals surface area contributed by atoms with E-state index in [4.69, 9.17) is 5.73 Å². The van der Waals surface area contributed by atoms with Crippen molar-refractivity contribution in [1.29, 1.82) is 0 Å². The van der Waals surface area contributed by atoms with E-state index >= 15 is 0 Å². The molecule has 0 saturated carbocycles. The molecule has 0 radical (unpaired) electrons. The first-order chi connectivity index (χ1) is 8.75. The van der Waals surface area contributed by atoms with Crippen LogP contribution in [0.3, 0.4) is 0 Å². The first-order valence-corrected chi connectivity index (χ1v) is 7.58. The van der Waals surface area contributed by atoms with E-state index in [0.717, 1.165) is 5.56 Å². The number of benzene rings is 1. The fraction of sp³-hybridized carbons (Fsp3) is 0.417. The third-order valence-corrected chi connectivity index (χ3v) is 3.84. The zero-order valence-corrected chi connectivity index (χ0v) is 13.3. The van der Waals surface area contributed by atoms with Gasteiger partial charge in [-0.25, -0.2) is 8.42 Å². The second-order valence-corrected chi connectivity index (χ2v) is 6.32. The van der Waals surface area contributed by atoms with Crippen molar-refractivity contribution in [3.8, 4) is 0 Å². The molecule has 1 atom stereocenters. The lowest BCUT2D eigenvalue weighted by molar-refractivity contribution is -0.117. The molecule has 8 heteroatoms. The molecule has 0 aliphatic heterocycles. The summed E-state index contributed by atoms with van der Waals surface area (Å²) in [6.45, 7) is 4.91. The van der Waals surface area contributed by atoms with Crippen LogP contribution in [0.4, 0.5) is 11.4 Å². The van der Waals surface area contributed by atoms with Crippen LogP contribution in [-0.2, 0) is 14.8 Å². The Bertz CT molecular complexity index is 573. The minimum atomic E-state index is -3.30. The van der Waals surface area contributed by atoms with Gasteiger partial charge in [-0.1, -0.05) is 0 Å². The summed E-state index contributed by atoms with van der Waals surface area (Å²) < 4.78 is 25.4. The van der Waals surface area contributed by atoms with E-state index in [0.29, 0.717) is 11.4 Å². The highest BCUT2D eigenvalue weighted by Gasteiger charge is 2.11. The molecule has 0 bridgehead atoms. The Morgan fingerprint density at radius 2 is 2.00 bits per heavy atom. The summed E-state index contributed by atoms with van der Waals surface area (Å²) >= 11 is 0. The average molecular weight is 322 g/mol. The van der Waals surface area contributed by atoms with Crippen molar-refractivity contribution in [2.24, 2.45) is 5.73 Å². The molecule has 1 aromatic rings. The van der Waals surface area contributed by atoms with E-state index in [1.165, 1.54) is 0 Å². The fourth-order valence-corrected chi connectivity index (χ4v) is 2.06. The maximum absolute atomic E-state index is 11.5. The lowest BCUT2D eigenvalue weighted by Crippen LogP contribution is -2.32. The Morgan fingerprint density at radius 3 is 2.45 bits per heavy atom. The standard InChI is InChI=1S/C12H19N3O3S.ClH/c1-4-19(17,18)15-11-6-5-10(7-8(11)2)14-12(16)9(3)13;/h5-7,9,15H,4,13H2,1-3H3,(H,14,16);1H/t9-;/m0./s1. The number of hydrogen-bond donors (Lipinski definition) is 3. The van der Waals surface area contributed by atoms with Crippen molar-refractivity contribution >= 4 is 39.7 Å². The number of nitrogens with one attached hydrogen (secondary N) is 2. The Balaban J connectivity index is 0.00000361. The quantitative estimate of drug-likeness (QED) is 0.764. The number of sulfonamides is 1. The molecule has 0 aliphatic carbocycles. The second-order valence-electron chi connectivity index (χ2n) is 4.31. The first-order valence-electron chi connectivity index (χ1n) is 5.92. The summed E-state index contributed by atoms with van der Waals surface area (Å²) in [4.78, 5) is 11.4. The van der Waals surface area contributed by atoms with Gasteiger partial charge in [-0.3, -0.25) is 9.52 Å². The normalized spacial score (nSPS) is 12.2. The highest BCUT2D eigenvalue weighted by molar-refractivity contribution is 7.92. The molecule has 6 nitrogen and oxygen atoms in total. The Labute approximate surface area is 125 Å². The lowest BCUT2D eigenvalue weighted by Gasteiger charge is -2.12. The van der Waals surface area contributed by atoms with Gasteiger partial charge in [0.1, 0.15) is 0 Å². The highest BCUT2D eigenvalue weighted by Crippen LogP contribution is 2.20. The molecule has 1 amide bonds. The minimum Gasteiger partial charge on any atom is -0.325 e. The number of rotatable bonds is 5. The van der Waals surface area contributed by atoms with Crippen molar-refractivity contribution in [2.75, 3.05) is 15.8 Å². The van der Waals surface area contributed by atoms with E-state index in [1.807, 2.05) is 0 Å². The van der Waals surface area contributed by atoms with Gasteiger partial charge in [-0.15, -0.1) is 12.4 Å². The maximum Gasteiger partial charge on any atom is 0.240 e. The molecule has 0 heterocycles. The number of carbonyl (C=O) groups excluding carboxylic acids is 1. The summed E-state index contributed by atoms with van der Waals surface area (Å²) in [6.07, 6.45) is 0. The molecular formula is C12H20ClN3O3S. The molecule has 0 unspecified atom stereocenters. The summed E-state index contributed by atoms with van der Waals surface area (Å²) in [5, 5.41) is 2.65. The van der Waals surface area contributed by atoms with E-state index in [1.54, 1.807) is 39.0 Å². The number of halogens is 1.